The smallest absolute Gasteiger partial charge is 0.465 e. The van der Waals surface area contributed by atoms with Gasteiger partial charge in [-0.3, -0.25) is 9.69 Å². The Hall–Kier alpha value is -2.26. The van der Waals surface area contributed by atoms with Crippen molar-refractivity contribution in [2.24, 2.45) is 5.92 Å². The molecule has 0 aromatic rings. The normalized spacial score (nSPS) is 18.0. The van der Waals surface area contributed by atoms with Crippen LogP contribution >= 0.6 is 0 Å². The topological polar surface area (TPSA) is 82.1 Å². The van der Waals surface area contributed by atoms with Gasteiger partial charge in [0.25, 0.3) is 0 Å². The van der Waals surface area contributed by atoms with Gasteiger partial charge in [-0.1, -0.05) is 0 Å². The van der Waals surface area contributed by atoms with E-state index >= 15 is 0 Å². The van der Waals surface area contributed by atoms with Gasteiger partial charge in [-0.25, -0.2) is 9.59 Å². The van der Waals surface area contributed by atoms with Crippen LogP contribution in [-0.2, 0) is 23.8 Å². The molecule has 136 valence electrons. The lowest BCUT2D eigenvalue weighted by atomic mass is 10.1. The predicted molar refractivity (Wildman–Crippen MR) is 73.3 cm³/mol. The van der Waals surface area contributed by atoms with E-state index in [0.717, 1.165) is 11.1 Å². The molecule has 1 aliphatic rings. The van der Waals surface area contributed by atoms with Gasteiger partial charge in [-0.15, -0.1) is 0 Å². The molecule has 0 saturated carbocycles. The van der Waals surface area contributed by atoms with Crippen LogP contribution < -0.4 is 0 Å². The van der Waals surface area contributed by atoms with Crippen molar-refractivity contribution >= 4 is 18.0 Å². The number of rotatable bonds is 3. The summed E-state index contributed by atoms with van der Waals surface area (Å²) in [4.78, 5) is 35.6. The van der Waals surface area contributed by atoms with Crippen LogP contribution in [0.1, 0.15) is 27.7 Å². The molecule has 0 aromatic heterocycles. The van der Waals surface area contributed by atoms with E-state index in [4.69, 9.17) is 9.47 Å². The average molecular weight is 353 g/mol. The van der Waals surface area contributed by atoms with Crippen LogP contribution in [0.2, 0.25) is 0 Å². The fourth-order valence-electron chi connectivity index (χ4n) is 1.73. The van der Waals surface area contributed by atoms with Crippen LogP contribution in [0, 0.1) is 5.92 Å². The molecule has 1 heterocycles. The molecular weight excluding hydrogens is 335 g/mol. The van der Waals surface area contributed by atoms with Crippen LogP contribution in [0.15, 0.2) is 12.0 Å². The number of hydrogen-bond acceptors (Lipinski definition) is 6. The Labute approximate surface area is 136 Å². The molecule has 0 bridgehead atoms. The summed E-state index contributed by atoms with van der Waals surface area (Å²) in [7, 11) is 0. The molecule has 0 N–H and O–H groups in total. The van der Waals surface area contributed by atoms with Gasteiger partial charge in [-0.05, 0) is 27.7 Å². The lowest BCUT2D eigenvalue weighted by Gasteiger charge is -2.23. The molecule has 0 aromatic carbocycles. The molecule has 24 heavy (non-hydrogen) atoms. The fraction of sp³-hybridized carbons (Fsp3) is 0.643. The number of carbonyl (C=O) groups excluding carboxylic acids is 3. The summed E-state index contributed by atoms with van der Waals surface area (Å²) >= 11 is 0. The Balaban J connectivity index is 2.97. The molecule has 7 nitrogen and oxygen atoms in total. The lowest BCUT2D eigenvalue weighted by Crippen LogP contribution is -2.35. The summed E-state index contributed by atoms with van der Waals surface area (Å²) in [5, 5.41) is 0. The number of ether oxygens (including phenoxy) is 3. The highest BCUT2D eigenvalue weighted by Gasteiger charge is 2.45. The fourth-order valence-corrected chi connectivity index (χ4v) is 1.73. The summed E-state index contributed by atoms with van der Waals surface area (Å²) in [6.45, 7) is 5.91. The third-order valence-corrected chi connectivity index (χ3v) is 2.65. The lowest BCUT2D eigenvalue weighted by molar-refractivity contribution is -0.196. The van der Waals surface area contributed by atoms with Crippen LogP contribution in [0.3, 0.4) is 0 Å². The maximum atomic E-state index is 12.3. The minimum Gasteiger partial charge on any atom is -0.465 e. The van der Waals surface area contributed by atoms with Crippen LogP contribution in [0.5, 0.6) is 0 Å². The zero-order valence-corrected chi connectivity index (χ0v) is 13.6. The zero-order valence-electron chi connectivity index (χ0n) is 13.6. The number of halogens is 3. The first kappa shape index (κ1) is 19.8. The Morgan fingerprint density at radius 1 is 1.25 bits per heavy atom. The van der Waals surface area contributed by atoms with Crippen molar-refractivity contribution in [1.29, 1.82) is 0 Å². The number of alkyl halides is 3. The van der Waals surface area contributed by atoms with Crippen molar-refractivity contribution in [1.82, 2.24) is 4.90 Å². The molecule has 1 rings (SSSR count). The first-order valence-corrected chi connectivity index (χ1v) is 7.02. The van der Waals surface area contributed by atoms with Gasteiger partial charge in [0.15, 0.2) is 0 Å². The van der Waals surface area contributed by atoms with Crippen molar-refractivity contribution in [3.63, 3.8) is 0 Å². The second-order valence-corrected chi connectivity index (χ2v) is 5.86. The molecule has 0 radical (unpaired) electrons. The number of nitrogens with zero attached hydrogens (tertiary/aromatic N) is 1. The van der Waals surface area contributed by atoms with E-state index in [2.05, 4.69) is 4.74 Å². The zero-order chi connectivity index (χ0) is 18.7. The standard InChI is InChI=1S/C14H18F3NO6/c1-5-22-10(19)8-6-18(12(21)24-13(2,3)4)7-9(8)23-11(20)14(15,16)17/h7-8H,5-6H2,1-4H3. The molecule has 1 unspecified atom stereocenters. The SMILES string of the molecule is CCOC(=O)C1CN(C(=O)OC(C)(C)C)C=C1OC(=O)C(F)(F)F. The molecule has 1 aliphatic heterocycles. The third kappa shape index (κ3) is 5.43. The van der Waals surface area contributed by atoms with Gasteiger partial charge in [0.2, 0.25) is 0 Å². The minimum absolute atomic E-state index is 0.0255. The minimum atomic E-state index is -5.24. The largest absolute Gasteiger partial charge is 0.491 e. The second-order valence-electron chi connectivity index (χ2n) is 5.86. The highest BCUT2D eigenvalue weighted by atomic mass is 19.4. The van der Waals surface area contributed by atoms with E-state index in [0.29, 0.717) is 0 Å². The van der Waals surface area contributed by atoms with E-state index in [-0.39, 0.29) is 13.2 Å². The van der Waals surface area contributed by atoms with E-state index in [1.54, 1.807) is 20.8 Å². The summed E-state index contributed by atoms with van der Waals surface area (Å²) in [6.07, 6.45) is -5.30. The molecular formula is C14H18F3NO6. The predicted octanol–water partition coefficient (Wildman–Crippen LogP) is 2.36. The number of carbonyl (C=O) groups is 3. The first-order valence-electron chi connectivity index (χ1n) is 7.02. The number of esters is 2. The van der Waals surface area contributed by atoms with Gasteiger partial charge < -0.3 is 14.2 Å². The maximum Gasteiger partial charge on any atom is 0.491 e. The third-order valence-electron chi connectivity index (χ3n) is 2.65. The van der Waals surface area contributed by atoms with Crippen molar-refractivity contribution in [2.75, 3.05) is 13.2 Å². The van der Waals surface area contributed by atoms with Gasteiger partial charge in [0.1, 0.15) is 17.3 Å². The number of hydrogen-bond donors (Lipinski definition) is 0. The average Bonchev–Trinajstić information content (AvgIpc) is 2.80. The van der Waals surface area contributed by atoms with E-state index in [1.807, 2.05) is 0 Å². The molecule has 0 aliphatic carbocycles. The molecule has 10 heteroatoms. The van der Waals surface area contributed by atoms with Gasteiger partial charge in [0.05, 0.1) is 6.61 Å². The molecule has 1 amide bonds. The number of amides is 1. The Bertz CT molecular complexity index is 550. The van der Waals surface area contributed by atoms with Crippen molar-refractivity contribution in [3.8, 4) is 0 Å². The monoisotopic (exact) mass is 353 g/mol. The summed E-state index contributed by atoms with van der Waals surface area (Å²) < 4.78 is 51.0. The van der Waals surface area contributed by atoms with E-state index < -0.39 is 41.5 Å². The summed E-state index contributed by atoms with van der Waals surface area (Å²) in [5.41, 5.74) is -0.851. The van der Waals surface area contributed by atoms with Crippen molar-refractivity contribution < 1.29 is 41.8 Å². The van der Waals surface area contributed by atoms with Crippen molar-refractivity contribution in [2.45, 2.75) is 39.5 Å². The van der Waals surface area contributed by atoms with Crippen LogP contribution in [-0.4, -0.2) is 47.9 Å². The summed E-state index contributed by atoms with van der Waals surface area (Å²) in [6, 6.07) is 0. The second kappa shape index (κ2) is 7.10. The van der Waals surface area contributed by atoms with E-state index in [1.165, 1.54) is 6.92 Å². The highest BCUT2D eigenvalue weighted by Crippen LogP contribution is 2.28. The highest BCUT2D eigenvalue weighted by molar-refractivity contribution is 5.82. The van der Waals surface area contributed by atoms with Crippen LogP contribution in [0.25, 0.3) is 0 Å². The van der Waals surface area contributed by atoms with Crippen molar-refractivity contribution in [3.05, 3.63) is 12.0 Å². The molecule has 0 spiro atoms. The van der Waals surface area contributed by atoms with Crippen LogP contribution in [0.4, 0.5) is 18.0 Å². The quantitative estimate of drug-likeness (QED) is 0.572. The molecule has 0 saturated heterocycles. The maximum absolute atomic E-state index is 12.3. The Morgan fingerprint density at radius 2 is 1.83 bits per heavy atom. The Morgan fingerprint density at radius 3 is 2.29 bits per heavy atom. The van der Waals surface area contributed by atoms with Gasteiger partial charge in [-0.2, -0.15) is 13.2 Å². The molecule has 0 fully saturated rings. The molecule has 1 atom stereocenters. The first-order chi connectivity index (χ1) is 10.8. The van der Waals surface area contributed by atoms with Gasteiger partial charge in [0, 0.05) is 12.7 Å². The summed E-state index contributed by atoms with van der Waals surface area (Å²) in [5.74, 6) is -5.37. The Kier molecular flexibility index (Phi) is 5.85. The van der Waals surface area contributed by atoms with Gasteiger partial charge >= 0.3 is 24.2 Å². The van der Waals surface area contributed by atoms with E-state index in [9.17, 15) is 27.6 Å².